The lowest BCUT2D eigenvalue weighted by molar-refractivity contribution is -0.144. The second kappa shape index (κ2) is 13.6. The zero-order valence-corrected chi connectivity index (χ0v) is 15.3. The standard InChI is InChI=1S/2C9H18O2/c1-4-8(5-2)6-7(3)9(10)11;1-4-6-7(3)8(5-2)9(10)11/h2*7-8H,4-6H2,1-3H3,(H,10,11). The number of carboxylic acid groups (broad SMARTS) is 2. The molecule has 0 saturated heterocycles. The molecule has 0 aliphatic carbocycles. The second-order valence-corrected chi connectivity index (χ2v) is 6.28. The van der Waals surface area contributed by atoms with Crippen LogP contribution >= 0.6 is 0 Å². The number of rotatable bonds is 10. The lowest BCUT2D eigenvalue weighted by Gasteiger charge is -2.17. The fraction of sp³-hybridized carbons (Fsp3) is 0.889. The van der Waals surface area contributed by atoms with Gasteiger partial charge in [0.2, 0.25) is 0 Å². The van der Waals surface area contributed by atoms with Crippen molar-refractivity contribution in [2.75, 3.05) is 0 Å². The lowest BCUT2D eigenvalue weighted by Crippen LogP contribution is -2.20. The molecule has 132 valence electrons. The fourth-order valence-corrected chi connectivity index (χ4v) is 2.70. The van der Waals surface area contributed by atoms with Crippen molar-refractivity contribution in [3.05, 3.63) is 0 Å². The molecule has 0 aromatic heterocycles. The van der Waals surface area contributed by atoms with Gasteiger partial charge in [-0.15, -0.1) is 0 Å². The average molecular weight is 316 g/mol. The normalized spacial score (nSPS) is 14.7. The van der Waals surface area contributed by atoms with Crippen LogP contribution in [0.25, 0.3) is 0 Å². The average Bonchev–Trinajstić information content (AvgIpc) is 2.45. The summed E-state index contributed by atoms with van der Waals surface area (Å²) in [6.07, 6.45) is 5.84. The molecule has 0 heterocycles. The summed E-state index contributed by atoms with van der Waals surface area (Å²) in [7, 11) is 0. The highest BCUT2D eigenvalue weighted by molar-refractivity contribution is 5.70. The molecule has 0 aliphatic heterocycles. The SMILES string of the molecule is CCC(CC)CC(C)C(=O)O.CCCC(C)C(CC)C(=O)O. The molecule has 0 radical (unpaired) electrons. The summed E-state index contributed by atoms with van der Waals surface area (Å²) in [5.41, 5.74) is 0. The zero-order valence-electron chi connectivity index (χ0n) is 15.3. The van der Waals surface area contributed by atoms with Gasteiger partial charge in [-0.05, 0) is 24.7 Å². The summed E-state index contributed by atoms with van der Waals surface area (Å²) < 4.78 is 0. The van der Waals surface area contributed by atoms with Crippen LogP contribution < -0.4 is 0 Å². The molecule has 0 aromatic rings. The molecule has 0 aromatic carbocycles. The van der Waals surface area contributed by atoms with Crippen LogP contribution in [0.4, 0.5) is 0 Å². The Hall–Kier alpha value is -1.06. The van der Waals surface area contributed by atoms with Gasteiger partial charge >= 0.3 is 11.9 Å². The minimum atomic E-state index is -0.670. The zero-order chi connectivity index (χ0) is 17.7. The van der Waals surface area contributed by atoms with E-state index in [1.807, 2.05) is 13.8 Å². The van der Waals surface area contributed by atoms with Gasteiger partial charge in [-0.2, -0.15) is 0 Å². The van der Waals surface area contributed by atoms with Crippen molar-refractivity contribution in [1.29, 1.82) is 0 Å². The predicted octanol–water partition coefficient (Wildman–Crippen LogP) is 5.07. The van der Waals surface area contributed by atoms with Crippen LogP contribution in [0.2, 0.25) is 0 Å². The summed E-state index contributed by atoms with van der Waals surface area (Å²) in [6, 6.07) is 0. The molecule has 0 saturated carbocycles. The molecule has 0 amide bonds. The maximum Gasteiger partial charge on any atom is 0.306 e. The Morgan fingerprint density at radius 2 is 1.36 bits per heavy atom. The molecule has 3 atom stereocenters. The monoisotopic (exact) mass is 316 g/mol. The van der Waals surface area contributed by atoms with Gasteiger partial charge in [0, 0.05) is 0 Å². The summed E-state index contributed by atoms with van der Waals surface area (Å²) in [5.74, 6) is -0.733. The smallest absolute Gasteiger partial charge is 0.306 e. The van der Waals surface area contributed by atoms with Crippen LogP contribution in [0.5, 0.6) is 0 Å². The van der Waals surface area contributed by atoms with E-state index in [-0.39, 0.29) is 11.8 Å². The lowest BCUT2D eigenvalue weighted by atomic mass is 9.88. The van der Waals surface area contributed by atoms with Crippen molar-refractivity contribution in [2.24, 2.45) is 23.7 Å². The summed E-state index contributed by atoms with van der Waals surface area (Å²) >= 11 is 0. The highest BCUT2D eigenvalue weighted by Crippen LogP contribution is 2.20. The van der Waals surface area contributed by atoms with Gasteiger partial charge in [0.15, 0.2) is 0 Å². The molecule has 0 rings (SSSR count). The Bertz CT molecular complexity index is 297. The molecule has 3 unspecified atom stereocenters. The largest absolute Gasteiger partial charge is 0.481 e. The third-order valence-electron chi connectivity index (χ3n) is 4.45. The molecule has 4 heteroatoms. The van der Waals surface area contributed by atoms with E-state index in [4.69, 9.17) is 10.2 Å². The van der Waals surface area contributed by atoms with Gasteiger partial charge < -0.3 is 10.2 Å². The maximum atomic E-state index is 10.6. The van der Waals surface area contributed by atoms with Crippen molar-refractivity contribution in [2.45, 2.75) is 80.1 Å². The van der Waals surface area contributed by atoms with E-state index in [2.05, 4.69) is 20.8 Å². The quantitative estimate of drug-likeness (QED) is 0.590. The summed E-state index contributed by atoms with van der Waals surface area (Å²) in [4.78, 5) is 21.1. The molecule has 2 N–H and O–H groups in total. The van der Waals surface area contributed by atoms with Crippen molar-refractivity contribution in [3.63, 3.8) is 0 Å². The Kier molecular flexibility index (Phi) is 14.3. The number of hydrogen-bond donors (Lipinski definition) is 2. The minimum absolute atomic E-state index is 0.144. The first-order valence-electron chi connectivity index (χ1n) is 8.70. The molecule has 0 aliphatic rings. The van der Waals surface area contributed by atoms with Crippen molar-refractivity contribution in [1.82, 2.24) is 0 Å². The fourth-order valence-electron chi connectivity index (χ4n) is 2.70. The van der Waals surface area contributed by atoms with E-state index in [0.29, 0.717) is 11.8 Å². The summed E-state index contributed by atoms with van der Waals surface area (Å²) in [5, 5.41) is 17.4. The van der Waals surface area contributed by atoms with Crippen LogP contribution in [0, 0.1) is 23.7 Å². The summed E-state index contributed by atoms with van der Waals surface area (Å²) in [6.45, 7) is 12.0. The van der Waals surface area contributed by atoms with E-state index in [1.54, 1.807) is 6.92 Å². The van der Waals surface area contributed by atoms with Crippen LogP contribution in [0.1, 0.15) is 80.1 Å². The van der Waals surface area contributed by atoms with E-state index < -0.39 is 11.9 Å². The highest BCUT2D eigenvalue weighted by Gasteiger charge is 2.21. The van der Waals surface area contributed by atoms with Crippen LogP contribution in [-0.2, 0) is 9.59 Å². The third-order valence-corrected chi connectivity index (χ3v) is 4.45. The molecule has 22 heavy (non-hydrogen) atoms. The van der Waals surface area contributed by atoms with Crippen molar-refractivity contribution in [3.8, 4) is 0 Å². The number of carboxylic acids is 2. The van der Waals surface area contributed by atoms with E-state index in [9.17, 15) is 9.59 Å². The topological polar surface area (TPSA) is 74.6 Å². The maximum absolute atomic E-state index is 10.6. The number of hydrogen-bond acceptors (Lipinski definition) is 2. The predicted molar refractivity (Wildman–Crippen MR) is 91.0 cm³/mol. The van der Waals surface area contributed by atoms with Gasteiger partial charge in [0.1, 0.15) is 0 Å². The first-order valence-corrected chi connectivity index (χ1v) is 8.70. The second-order valence-electron chi connectivity index (χ2n) is 6.28. The highest BCUT2D eigenvalue weighted by atomic mass is 16.4. The van der Waals surface area contributed by atoms with Crippen LogP contribution in [0.15, 0.2) is 0 Å². The number of carbonyl (C=O) groups is 2. The van der Waals surface area contributed by atoms with E-state index in [1.165, 1.54) is 0 Å². The first-order chi connectivity index (χ1) is 10.2. The Morgan fingerprint density at radius 3 is 1.64 bits per heavy atom. The van der Waals surface area contributed by atoms with E-state index >= 15 is 0 Å². The van der Waals surface area contributed by atoms with Gasteiger partial charge in [-0.3, -0.25) is 9.59 Å². The first kappa shape index (κ1) is 23.2. The van der Waals surface area contributed by atoms with Gasteiger partial charge in [0.25, 0.3) is 0 Å². The van der Waals surface area contributed by atoms with Crippen LogP contribution in [-0.4, -0.2) is 22.2 Å². The molecule has 0 spiro atoms. The minimum Gasteiger partial charge on any atom is -0.481 e. The van der Waals surface area contributed by atoms with Gasteiger partial charge in [0.05, 0.1) is 11.8 Å². The molecular formula is C18H36O4. The van der Waals surface area contributed by atoms with Gasteiger partial charge in [-0.25, -0.2) is 0 Å². The number of aliphatic carboxylic acids is 2. The van der Waals surface area contributed by atoms with Crippen LogP contribution in [0.3, 0.4) is 0 Å². The third kappa shape index (κ3) is 10.6. The molecule has 4 nitrogen and oxygen atoms in total. The van der Waals surface area contributed by atoms with E-state index in [0.717, 1.165) is 38.5 Å². The van der Waals surface area contributed by atoms with Gasteiger partial charge in [-0.1, -0.05) is 67.2 Å². The van der Waals surface area contributed by atoms with Crippen molar-refractivity contribution < 1.29 is 19.8 Å². The Balaban J connectivity index is 0. The molecule has 0 bridgehead atoms. The Labute approximate surface area is 136 Å². The van der Waals surface area contributed by atoms with Crippen molar-refractivity contribution >= 4 is 11.9 Å². The molecular weight excluding hydrogens is 280 g/mol. The Morgan fingerprint density at radius 1 is 0.864 bits per heavy atom. The molecule has 0 fully saturated rings.